The predicted octanol–water partition coefficient (Wildman–Crippen LogP) is 3.20. The van der Waals surface area contributed by atoms with Gasteiger partial charge in [-0.15, -0.1) is 0 Å². The van der Waals surface area contributed by atoms with Crippen LogP contribution in [0.4, 0.5) is 5.69 Å². The molecule has 1 spiro atoms. The van der Waals surface area contributed by atoms with E-state index in [0.29, 0.717) is 30.0 Å². The van der Waals surface area contributed by atoms with Crippen LogP contribution in [0, 0.1) is 17.8 Å². The van der Waals surface area contributed by atoms with Gasteiger partial charge in [0, 0.05) is 24.9 Å². The standard InChI is InChI=1S/C24H26N2O3/c1-12(27)8-9-15-13(2)26-19-10-16(15)21-20(26)11-24(23(21)29-14(3)28)17-6-4-5-7-18(17)25-22(19)24/h4-9,13,15-16,19-21,23H,10-11H2,1-3H3/b9-8+. The fourth-order valence-corrected chi connectivity index (χ4v) is 7.61. The van der Waals surface area contributed by atoms with Gasteiger partial charge in [-0.1, -0.05) is 24.3 Å². The van der Waals surface area contributed by atoms with Gasteiger partial charge >= 0.3 is 5.97 Å². The molecule has 1 aliphatic carbocycles. The second-order valence-corrected chi connectivity index (χ2v) is 9.51. The summed E-state index contributed by atoms with van der Waals surface area (Å²) in [5.74, 6) is 0.876. The van der Waals surface area contributed by atoms with Gasteiger partial charge in [0.05, 0.1) is 22.9 Å². The summed E-state index contributed by atoms with van der Waals surface area (Å²) in [6.45, 7) is 5.42. The molecule has 5 heteroatoms. The number of carbonyl (C=O) groups excluding carboxylic acids is 2. The molecule has 4 saturated heterocycles. The largest absolute Gasteiger partial charge is 0.461 e. The molecule has 5 fully saturated rings. The highest BCUT2D eigenvalue weighted by atomic mass is 16.5. The summed E-state index contributed by atoms with van der Waals surface area (Å²) in [5, 5.41) is 0. The molecule has 0 N–H and O–H groups in total. The second-order valence-electron chi connectivity index (χ2n) is 9.51. The topological polar surface area (TPSA) is 59.0 Å². The van der Waals surface area contributed by atoms with Crippen LogP contribution in [-0.2, 0) is 19.7 Å². The number of fused-ring (bicyclic) bond motifs is 2. The van der Waals surface area contributed by atoms with Crippen LogP contribution in [0.2, 0.25) is 0 Å². The maximum atomic E-state index is 12.2. The molecule has 0 aromatic heterocycles. The van der Waals surface area contributed by atoms with E-state index < -0.39 is 0 Å². The minimum Gasteiger partial charge on any atom is -0.461 e. The highest BCUT2D eigenvalue weighted by Gasteiger charge is 2.74. The first-order valence-electron chi connectivity index (χ1n) is 10.8. The van der Waals surface area contributed by atoms with Crippen LogP contribution in [-0.4, -0.2) is 46.6 Å². The first-order valence-corrected chi connectivity index (χ1v) is 10.8. The van der Waals surface area contributed by atoms with Gasteiger partial charge in [-0.25, -0.2) is 0 Å². The SMILES string of the molecule is CC(=O)/C=C/C1C2CC3C4=Nc5ccccc5C45CC(C2C5OC(C)=O)N3C1C. The zero-order valence-corrected chi connectivity index (χ0v) is 17.0. The first-order chi connectivity index (χ1) is 13.9. The van der Waals surface area contributed by atoms with Gasteiger partial charge < -0.3 is 4.74 Å². The molecule has 9 atom stereocenters. The summed E-state index contributed by atoms with van der Waals surface area (Å²) in [6, 6.07) is 9.47. The Balaban J connectivity index is 1.53. The van der Waals surface area contributed by atoms with E-state index in [4.69, 9.17) is 9.73 Å². The Hall–Kier alpha value is -2.27. The normalized spacial score (nSPS) is 45.3. The van der Waals surface area contributed by atoms with Crippen molar-refractivity contribution >= 4 is 23.2 Å². The Bertz CT molecular complexity index is 998. The van der Waals surface area contributed by atoms with Crippen LogP contribution in [0.1, 0.15) is 39.2 Å². The molecule has 5 bridgehead atoms. The van der Waals surface area contributed by atoms with E-state index in [-0.39, 0.29) is 29.2 Å². The van der Waals surface area contributed by atoms with Crippen LogP contribution < -0.4 is 0 Å². The van der Waals surface area contributed by atoms with Crippen LogP contribution in [0.5, 0.6) is 0 Å². The van der Waals surface area contributed by atoms with Gasteiger partial charge in [0.1, 0.15) is 6.10 Å². The number of allylic oxidation sites excluding steroid dienone is 1. The maximum Gasteiger partial charge on any atom is 0.302 e. The molecule has 1 saturated carbocycles. The fraction of sp³-hybridized carbons (Fsp3) is 0.542. The second kappa shape index (κ2) is 5.66. The van der Waals surface area contributed by atoms with Crippen LogP contribution in [0.25, 0.3) is 0 Å². The van der Waals surface area contributed by atoms with Crippen molar-refractivity contribution in [3.8, 4) is 0 Å². The molecule has 1 aromatic rings. The molecule has 9 unspecified atom stereocenters. The van der Waals surface area contributed by atoms with Crippen LogP contribution >= 0.6 is 0 Å². The van der Waals surface area contributed by atoms with Crippen LogP contribution in [0.15, 0.2) is 41.4 Å². The number of benzene rings is 1. The lowest BCUT2D eigenvalue weighted by atomic mass is 9.62. The van der Waals surface area contributed by atoms with E-state index in [1.54, 1.807) is 13.0 Å². The quantitative estimate of drug-likeness (QED) is 0.587. The molecule has 5 aliphatic heterocycles. The molecule has 5 nitrogen and oxygen atoms in total. The van der Waals surface area contributed by atoms with Gasteiger partial charge in [0.2, 0.25) is 0 Å². The molecule has 6 aliphatic rings. The summed E-state index contributed by atoms with van der Waals surface area (Å²) in [7, 11) is 0. The van der Waals surface area contributed by atoms with E-state index in [9.17, 15) is 9.59 Å². The average molecular weight is 390 g/mol. The van der Waals surface area contributed by atoms with Gasteiger partial charge in [-0.2, -0.15) is 0 Å². The molecule has 7 rings (SSSR count). The third-order valence-corrected chi connectivity index (χ3v) is 8.31. The number of carbonyl (C=O) groups is 2. The molecular formula is C24H26N2O3. The van der Waals surface area contributed by atoms with Crippen molar-refractivity contribution in [2.24, 2.45) is 22.7 Å². The maximum absolute atomic E-state index is 12.2. The monoisotopic (exact) mass is 390 g/mol. The number of rotatable bonds is 3. The van der Waals surface area contributed by atoms with Crippen molar-refractivity contribution in [1.29, 1.82) is 0 Å². The minimum atomic E-state index is -0.271. The number of ketones is 1. The molecular weight excluding hydrogens is 364 g/mol. The Kier molecular flexibility index (Phi) is 3.43. The minimum absolute atomic E-state index is 0.0891. The zero-order valence-electron chi connectivity index (χ0n) is 17.0. The predicted molar refractivity (Wildman–Crippen MR) is 109 cm³/mol. The third kappa shape index (κ3) is 2.02. The number of ether oxygens (including phenoxy) is 1. The van der Waals surface area contributed by atoms with Gasteiger partial charge in [0.25, 0.3) is 0 Å². The summed E-state index contributed by atoms with van der Waals surface area (Å²) >= 11 is 0. The Labute approximate surface area is 170 Å². The summed E-state index contributed by atoms with van der Waals surface area (Å²) in [6.07, 6.45) is 5.68. The third-order valence-electron chi connectivity index (χ3n) is 8.31. The van der Waals surface area contributed by atoms with E-state index in [0.717, 1.165) is 18.5 Å². The Morgan fingerprint density at radius 3 is 2.83 bits per heavy atom. The van der Waals surface area contributed by atoms with E-state index in [1.165, 1.54) is 18.2 Å². The highest BCUT2D eigenvalue weighted by molar-refractivity contribution is 6.08. The fourth-order valence-electron chi connectivity index (χ4n) is 7.61. The first kappa shape index (κ1) is 17.6. The van der Waals surface area contributed by atoms with Crippen molar-refractivity contribution in [3.63, 3.8) is 0 Å². The lowest BCUT2D eigenvalue weighted by Crippen LogP contribution is -2.69. The lowest BCUT2D eigenvalue weighted by Gasteiger charge is -2.60. The van der Waals surface area contributed by atoms with Crippen molar-refractivity contribution in [2.75, 3.05) is 0 Å². The lowest BCUT2D eigenvalue weighted by molar-refractivity contribution is -0.156. The molecule has 1 aromatic carbocycles. The van der Waals surface area contributed by atoms with Gasteiger partial charge in [-0.3, -0.25) is 19.5 Å². The molecule has 0 radical (unpaired) electrons. The van der Waals surface area contributed by atoms with Crippen molar-refractivity contribution in [1.82, 2.24) is 4.90 Å². The summed E-state index contributed by atoms with van der Waals surface area (Å²) < 4.78 is 6.14. The molecule has 5 heterocycles. The summed E-state index contributed by atoms with van der Waals surface area (Å²) in [5.41, 5.74) is 3.23. The van der Waals surface area contributed by atoms with E-state index in [2.05, 4.69) is 36.1 Å². The Morgan fingerprint density at radius 1 is 1.28 bits per heavy atom. The van der Waals surface area contributed by atoms with Crippen molar-refractivity contribution in [3.05, 3.63) is 42.0 Å². The van der Waals surface area contributed by atoms with E-state index >= 15 is 0 Å². The number of nitrogens with zero attached hydrogens (tertiary/aromatic N) is 2. The number of piperidine rings is 4. The summed E-state index contributed by atoms with van der Waals surface area (Å²) in [4.78, 5) is 31.6. The molecule has 0 amide bonds. The Morgan fingerprint density at radius 2 is 2.07 bits per heavy atom. The van der Waals surface area contributed by atoms with Crippen molar-refractivity contribution < 1.29 is 14.3 Å². The highest BCUT2D eigenvalue weighted by Crippen LogP contribution is 2.67. The van der Waals surface area contributed by atoms with E-state index in [1.807, 2.05) is 6.07 Å². The number of para-hydroxylation sites is 1. The van der Waals surface area contributed by atoms with Gasteiger partial charge in [-0.05, 0) is 56.2 Å². The number of hydrogen-bond acceptors (Lipinski definition) is 5. The van der Waals surface area contributed by atoms with Crippen molar-refractivity contribution in [2.45, 2.75) is 63.3 Å². The number of esters is 1. The number of aliphatic imine (C=N–C) groups is 1. The zero-order chi connectivity index (χ0) is 20.1. The number of hydrogen-bond donors (Lipinski definition) is 0. The smallest absolute Gasteiger partial charge is 0.302 e. The van der Waals surface area contributed by atoms with Gasteiger partial charge in [0.15, 0.2) is 5.78 Å². The van der Waals surface area contributed by atoms with Crippen LogP contribution in [0.3, 0.4) is 0 Å². The average Bonchev–Trinajstić information content (AvgIpc) is 3.14. The molecule has 29 heavy (non-hydrogen) atoms. The molecule has 150 valence electrons.